The largest absolute Gasteiger partial charge is 0.496 e. The first-order chi connectivity index (χ1) is 9.24. The zero-order chi connectivity index (χ0) is 13.7. The quantitative estimate of drug-likeness (QED) is 0.833. The number of halogens is 1. The van der Waals surface area contributed by atoms with Gasteiger partial charge in [0, 0.05) is 18.0 Å². The molecule has 2 aromatic rings. The summed E-state index contributed by atoms with van der Waals surface area (Å²) in [5, 5.41) is 14.2. The summed E-state index contributed by atoms with van der Waals surface area (Å²) in [6.45, 7) is 3.98. The summed E-state index contributed by atoms with van der Waals surface area (Å²) in [5.41, 5.74) is 0.930. The number of hydrogen-bond acceptors (Lipinski definition) is 5. The summed E-state index contributed by atoms with van der Waals surface area (Å²) in [4.78, 5) is 0. The minimum absolute atomic E-state index is 0.650. The molecule has 1 aromatic carbocycles. The van der Waals surface area contributed by atoms with Crippen molar-refractivity contribution >= 4 is 22.9 Å². The van der Waals surface area contributed by atoms with Crippen molar-refractivity contribution in [3.63, 3.8) is 0 Å². The highest BCUT2D eigenvalue weighted by molar-refractivity contribution is 7.14. The first-order valence-corrected chi connectivity index (χ1v) is 7.31. The fourth-order valence-corrected chi connectivity index (χ4v) is 2.71. The van der Waals surface area contributed by atoms with Gasteiger partial charge in [-0.3, -0.25) is 0 Å². The molecule has 102 valence electrons. The van der Waals surface area contributed by atoms with Crippen molar-refractivity contribution < 1.29 is 4.74 Å². The van der Waals surface area contributed by atoms with Crippen LogP contribution in [-0.4, -0.2) is 30.4 Å². The predicted octanol–water partition coefficient (Wildman–Crippen LogP) is 3.02. The molecule has 0 spiro atoms. The molecule has 0 bridgehead atoms. The molecule has 0 aliphatic carbocycles. The number of nitrogens with zero attached hydrogens (tertiary/aromatic N) is 2. The Balaban J connectivity index is 2.18. The van der Waals surface area contributed by atoms with E-state index in [1.807, 2.05) is 12.1 Å². The SMILES string of the molecule is CCNCCc1nnc(-c2ccc(Cl)cc2OC)s1. The fraction of sp³-hybridized carbons (Fsp3) is 0.385. The van der Waals surface area contributed by atoms with Crippen molar-refractivity contribution in [1.82, 2.24) is 15.5 Å². The minimum atomic E-state index is 0.650. The lowest BCUT2D eigenvalue weighted by Crippen LogP contribution is -2.15. The highest BCUT2D eigenvalue weighted by Crippen LogP contribution is 2.34. The van der Waals surface area contributed by atoms with Crippen LogP contribution >= 0.6 is 22.9 Å². The number of ether oxygens (including phenoxy) is 1. The van der Waals surface area contributed by atoms with E-state index in [1.165, 1.54) is 0 Å². The highest BCUT2D eigenvalue weighted by atomic mass is 35.5. The molecule has 1 aromatic heterocycles. The summed E-state index contributed by atoms with van der Waals surface area (Å²) in [5.74, 6) is 0.724. The molecule has 19 heavy (non-hydrogen) atoms. The second-order valence-electron chi connectivity index (χ2n) is 3.95. The van der Waals surface area contributed by atoms with Crippen molar-refractivity contribution in [2.75, 3.05) is 20.2 Å². The standard InChI is InChI=1S/C13H16ClN3OS/c1-3-15-7-6-12-16-17-13(19-12)10-5-4-9(14)8-11(10)18-2/h4-5,8,15H,3,6-7H2,1-2H3. The number of rotatable bonds is 6. The minimum Gasteiger partial charge on any atom is -0.496 e. The van der Waals surface area contributed by atoms with E-state index < -0.39 is 0 Å². The summed E-state index contributed by atoms with van der Waals surface area (Å²) in [6.07, 6.45) is 0.890. The molecule has 2 rings (SSSR count). The molecule has 0 atom stereocenters. The van der Waals surface area contributed by atoms with Gasteiger partial charge in [-0.15, -0.1) is 10.2 Å². The first kappa shape index (κ1) is 14.2. The molecule has 0 aliphatic rings. The van der Waals surface area contributed by atoms with Crippen molar-refractivity contribution in [1.29, 1.82) is 0 Å². The first-order valence-electron chi connectivity index (χ1n) is 6.11. The van der Waals surface area contributed by atoms with E-state index in [1.54, 1.807) is 24.5 Å². The van der Waals surface area contributed by atoms with Gasteiger partial charge in [0.15, 0.2) is 5.01 Å². The van der Waals surface area contributed by atoms with Gasteiger partial charge in [-0.25, -0.2) is 0 Å². The molecule has 0 saturated carbocycles. The summed E-state index contributed by atoms with van der Waals surface area (Å²) in [6, 6.07) is 5.53. The van der Waals surface area contributed by atoms with Crippen LogP contribution in [0.3, 0.4) is 0 Å². The average molecular weight is 298 g/mol. The normalized spacial score (nSPS) is 10.7. The number of hydrogen-bond donors (Lipinski definition) is 1. The van der Waals surface area contributed by atoms with Crippen LogP contribution in [0.2, 0.25) is 5.02 Å². The van der Waals surface area contributed by atoms with Crippen LogP contribution in [0.25, 0.3) is 10.6 Å². The Bertz CT molecular complexity index is 544. The molecule has 4 nitrogen and oxygen atoms in total. The monoisotopic (exact) mass is 297 g/mol. The third kappa shape index (κ3) is 3.65. The Morgan fingerprint density at radius 3 is 2.95 bits per heavy atom. The van der Waals surface area contributed by atoms with Gasteiger partial charge in [0.1, 0.15) is 10.8 Å². The highest BCUT2D eigenvalue weighted by Gasteiger charge is 2.12. The third-order valence-electron chi connectivity index (χ3n) is 2.63. The number of benzene rings is 1. The lowest BCUT2D eigenvalue weighted by molar-refractivity contribution is 0.416. The zero-order valence-electron chi connectivity index (χ0n) is 10.9. The second kappa shape index (κ2) is 6.84. The van der Waals surface area contributed by atoms with Crippen LogP contribution in [0, 0.1) is 0 Å². The Morgan fingerprint density at radius 2 is 2.21 bits per heavy atom. The maximum absolute atomic E-state index is 5.95. The van der Waals surface area contributed by atoms with E-state index in [4.69, 9.17) is 16.3 Å². The smallest absolute Gasteiger partial charge is 0.151 e. The topological polar surface area (TPSA) is 47.0 Å². The zero-order valence-corrected chi connectivity index (χ0v) is 12.5. The van der Waals surface area contributed by atoms with Gasteiger partial charge < -0.3 is 10.1 Å². The Morgan fingerprint density at radius 1 is 1.37 bits per heavy atom. The molecule has 1 N–H and O–H groups in total. The second-order valence-corrected chi connectivity index (χ2v) is 5.45. The molecule has 1 heterocycles. The van der Waals surface area contributed by atoms with E-state index in [9.17, 15) is 0 Å². The number of nitrogens with one attached hydrogen (secondary N) is 1. The molecule has 6 heteroatoms. The van der Waals surface area contributed by atoms with Crippen LogP contribution in [0.4, 0.5) is 0 Å². The number of likely N-dealkylation sites (N-methyl/N-ethyl adjacent to an activating group) is 1. The lowest BCUT2D eigenvalue weighted by atomic mass is 10.2. The molecular weight excluding hydrogens is 282 g/mol. The molecular formula is C13H16ClN3OS. The van der Waals surface area contributed by atoms with Crippen molar-refractivity contribution in [2.24, 2.45) is 0 Å². The van der Waals surface area contributed by atoms with Gasteiger partial charge in [0.05, 0.1) is 12.7 Å². The lowest BCUT2D eigenvalue weighted by Gasteiger charge is -2.05. The van der Waals surface area contributed by atoms with E-state index >= 15 is 0 Å². The van der Waals surface area contributed by atoms with Gasteiger partial charge in [0.2, 0.25) is 0 Å². The predicted molar refractivity (Wildman–Crippen MR) is 79.2 cm³/mol. The van der Waals surface area contributed by atoms with E-state index in [0.717, 1.165) is 40.8 Å². The van der Waals surface area contributed by atoms with Crippen molar-refractivity contribution in [2.45, 2.75) is 13.3 Å². The molecule has 0 saturated heterocycles. The number of aromatic nitrogens is 2. The molecule has 0 radical (unpaired) electrons. The van der Waals surface area contributed by atoms with E-state index in [0.29, 0.717) is 5.02 Å². The van der Waals surface area contributed by atoms with E-state index in [-0.39, 0.29) is 0 Å². The van der Waals surface area contributed by atoms with Crippen LogP contribution in [-0.2, 0) is 6.42 Å². The third-order valence-corrected chi connectivity index (χ3v) is 3.88. The van der Waals surface area contributed by atoms with Gasteiger partial charge in [-0.1, -0.05) is 29.9 Å². The van der Waals surface area contributed by atoms with Crippen LogP contribution in [0.1, 0.15) is 11.9 Å². The fourth-order valence-electron chi connectivity index (χ4n) is 1.68. The summed E-state index contributed by atoms with van der Waals surface area (Å²) < 4.78 is 5.33. The Kier molecular flexibility index (Phi) is 5.13. The summed E-state index contributed by atoms with van der Waals surface area (Å²) >= 11 is 7.54. The van der Waals surface area contributed by atoms with Crippen LogP contribution in [0.15, 0.2) is 18.2 Å². The summed E-state index contributed by atoms with van der Waals surface area (Å²) in [7, 11) is 1.63. The van der Waals surface area contributed by atoms with Gasteiger partial charge in [0.25, 0.3) is 0 Å². The Hall–Kier alpha value is -1.17. The van der Waals surface area contributed by atoms with Gasteiger partial charge >= 0.3 is 0 Å². The van der Waals surface area contributed by atoms with Crippen LogP contribution in [0.5, 0.6) is 5.75 Å². The number of methoxy groups -OCH3 is 1. The maximum Gasteiger partial charge on any atom is 0.151 e. The van der Waals surface area contributed by atoms with Gasteiger partial charge in [-0.05, 0) is 24.7 Å². The van der Waals surface area contributed by atoms with E-state index in [2.05, 4.69) is 22.4 Å². The molecule has 0 fully saturated rings. The molecule has 0 unspecified atom stereocenters. The van der Waals surface area contributed by atoms with Crippen molar-refractivity contribution in [3.8, 4) is 16.3 Å². The van der Waals surface area contributed by atoms with Crippen molar-refractivity contribution in [3.05, 3.63) is 28.2 Å². The molecule has 0 aliphatic heterocycles. The average Bonchev–Trinajstić information content (AvgIpc) is 2.87. The van der Waals surface area contributed by atoms with Gasteiger partial charge in [-0.2, -0.15) is 0 Å². The maximum atomic E-state index is 5.95. The Labute approximate surface area is 121 Å². The van der Waals surface area contributed by atoms with Crippen LogP contribution < -0.4 is 10.1 Å². The molecule has 0 amide bonds.